The van der Waals surface area contributed by atoms with Gasteiger partial charge in [0.05, 0.1) is 11.5 Å². The molecular formula is C17H22O4. The minimum absolute atomic E-state index is 0.169. The van der Waals surface area contributed by atoms with Crippen LogP contribution in [0.1, 0.15) is 49.9 Å². The standard InChI is InChI=1S/C17H22O4/c1-12(2)16(18)20-14-10-6-7-11-15(14)21-17(19)13-8-4-3-5-9-13/h3-5,8-9,12,14-15H,6-7,10-11H2,1-2H3/t14-,15-/m0/s1. The van der Waals surface area contributed by atoms with Gasteiger partial charge in [-0.25, -0.2) is 4.79 Å². The van der Waals surface area contributed by atoms with Crippen LogP contribution in [-0.2, 0) is 14.3 Å². The largest absolute Gasteiger partial charge is 0.458 e. The first-order valence-corrected chi connectivity index (χ1v) is 7.54. The van der Waals surface area contributed by atoms with Crippen LogP contribution in [-0.4, -0.2) is 24.1 Å². The molecule has 2 atom stereocenters. The summed E-state index contributed by atoms with van der Waals surface area (Å²) in [5.41, 5.74) is 0.525. The van der Waals surface area contributed by atoms with Crippen LogP contribution >= 0.6 is 0 Å². The van der Waals surface area contributed by atoms with Gasteiger partial charge in [0.25, 0.3) is 0 Å². The van der Waals surface area contributed by atoms with E-state index in [0.29, 0.717) is 5.56 Å². The Morgan fingerprint density at radius 3 is 2.14 bits per heavy atom. The number of ether oxygens (including phenoxy) is 2. The van der Waals surface area contributed by atoms with Crippen LogP contribution in [0, 0.1) is 5.92 Å². The quantitative estimate of drug-likeness (QED) is 0.798. The van der Waals surface area contributed by atoms with Crippen LogP contribution < -0.4 is 0 Å². The smallest absolute Gasteiger partial charge is 0.338 e. The molecule has 0 radical (unpaired) electrons. The van der Waals surface area contributed by atoms with Gasteiger partial charge in [0.1, 0.15) is 12.2 Å². The lowest BCUT2D eigenvalue weighted by Gasteiger charge is -2.31. The van der Waals surface area contributed by atoms with E-state index in [-0.39, 0.29) is 30.1 Å². The van der Waals surface area contributed by atoms with Gasteiger partial charge >= 0.3 is 11.9 Å². The van der Waals surface area contributed by atoms with E-state index in [2.05, 4.69) is 0 Å². The van der Waals surface area contributed by atoms with E-state index in [1.807, 2.05) is 6.07 Å². The molecule has 0 saturated heterocycles. The molecule has 0 aliphatic heterocycles. The Hall–Kier alpha value is -1.84. The average Bonchev–Trinajstić information content (AvgIpc) is 2.50. The molecule has 4 heteroatoms. The molecule has 1 aromatic rings. The molecule has 1 aliphatic rings. The molecule has 0 spiro atoms. The molecule has 0 heterocycles. The average molecular weight is 290 g/mol. The number of hydrogen-bond donors (Lipinski definition) is 0. The van der Waals surface area contributed by atoms with E-state index in [9.17, 15) is 9.59 Å². The molecule has 0 amide bonds. The van der Waals surface area contributed by atoms with Gasteiger partial charge < -0.3 is 9.47 Å². The highest BCUT2D eigenvalue weighted by Gasteiger charge is 2.32. The molecule has 4 nitrogen and oxygen atoms in total. The van der Waals surface area contributed by atoms with Crippen molar-refractivity contribution in [3.8, 4) is 0 Å². The molecule has 0 N–H and O–H groups in total. The monoisotopic (exact) mass is 290 g/mol. The van der Waals surface area contributed by atoms with E-state index in [0.717, 1.165) is 25.7 Å². The van der Waals surface area contributed by atoms with E-state index >= 15 is 0 Å². The van der Waals surface area contributed by atoms with E-state index in [1.165, 1.54) is 0 Å². The summed E-state index contributed by atoms with van der Waals surface area (Å²) >= 11 is 0. The fourth-order valence-corrected chi connectivity index (χ4v) is 2.40. The Morgan fingerprint density at radius 2 is 1.57 bits per heavy atom. The normalized spacial score (nSPS) is 21.9. The van der Waals surface area contributed by atoms with Gasteiger partial charge in [-0.1, -0.05) is 32.0 Å². The predicted octanol–water partition coefficient (Wildman–Crippen LogP) is 3.35. The second-order valence-corrected chi connectivity index (χ2v) is 5.72. The highest BCUT2D eigenvalue weighted by molar-refractivity contribution is 5.89. The van der Waals surface area contributed by atoms with Crippen molar-refractivity contribution < 1.29 is 19.1 Å². The molecule has 0 bridgehead atoms. The van der Waals surface area contributed by atoms with Crippen LogP contribution in [0.3, 0.4) is 0 Å². The number of carbonyl (C=O) groups is 2. The van der Waals surface area contributed by atoms with Crippen molar-refractivity contribution in [2.45, 2.75) is 51.7 Å². The van der Waals surface area contributed by atoms with Gasteiger partial charge in [-0.3, -0.25) is 4.79 Å². The molecule has 0 aromatic heterocycles. The molecule has 1 saturated carbocycles. The highest BCUT2D eigenvalue weighted by Crippen LogP contribution is 2.25. The zero-order valence-corrected chi connectivity index (χ0v) is 12.6. The Labute approximate surface area is 125 Å². The molecule has 0 unspecified atom stereocenters. The van der Waals surface area contributed by atoms with Crippen LogP contribution in [0.25, 0.3) is 0 Å². The lowest BCUT2D eigenvalue weighted by atomic mass is 9.94. The van der Waals surface area contributed by atoms with Gasteiger partial charge in [0.2, 0.25) is 0 Å². The molecule has 1 fully saturated rings. The molecule has 1 aromatic carbocycles. The van der Waals surface area contributed by atoms with Crippen molar-refractivity contribution in [2.24, 2.45) is 5.92 Å². The van der Waals surface area contributed by atoms with Crippen molar-refractivity contribution in [3.63, 3.8) is 0 Å². The van der Waals surface area contributed by atoms with Crippen LogP contribution in [0.2, 0.25) is 0 Å². The fourth-order valence-electron chi connectivity index (χ4n) is 2.40. The van der Waals surface area contributed by atoms with E-state index in [4.69, 9.17) is 9.47 Å². The van der Waals surface area contributed by atoms with Gasteiger partial charge in [0, 0.05) is 0 Å². The number of hydrogen-bond acceptors (Lipinski definition) is 4. The number of rotatable bonds is 4. The van der Waals surface area contributed by atoms with Crippen molar-refractivity contribution >= 4 is 11.9 Å². The summed E-state index contributed by atoms with van der Waals surface area (Å²) in [6, 6.07) is 8.90. The molecular weight excluding hydrogens is 268 g/mol. The maximum Gasteiger partial charge on any atom is 0.338 e. The topological polar surface area (TPSA) is 52.6 Å². The first kappa shape index (κ1) is 15.5. The number of carbonyl (C=O) groups excluding carboxylic acids is 2. The third-order valence-electron chi connectivity index (χ3n) is 3.65. The molecule has 21 heavy (non-hydrogen) atoms. The van der Waals surface area contributed by atoms with Crippen molar-refractivity contribution in [1.29, 1.82) is 0 Å². The summed E-state index contributed by atoms with van der Waals surface area (Å²) in [6.45, 7) is 3.60. The van der Waals surface area contributed by atoms with Crippen molar-refractivity contribution in [1.82, 2.24) is 0 Å². The van der Waals surface area contributed by atoms with Crippen LogP contribution in [0.4, 0.5) is 0 Å². The van der Waals surface area contributed by atoms with Crippen molar-refractivity contribution in [2.75, 3.05) is 0 Å². The summed E-state index contributed by atoms with van der Waals surface area (Å²) in [4.78, 5) is 23.9. The first-order valence-electron chi connectivity index (χ1n) is 7.54. The Morgan fingerprint density at radius 1 is 1.00 bits per heavy atom. The van der Waals surface area contributed by atoms with Gasteiger partial charge in [-0.2, -0.15) is 0 Å². The summed E-state index contributed by atoms with van der Waals surface area (Å²) in [5, 5.41) is 0. The van der Waals surface area contributed by atoms with Crippen LogP contribution in [0.15, 0.2) is 30.3 Å². The summed E-state index contributed by atoms with van der Waals surface area (Å²) in [7, 11) is 0. The summed E-state index contributed by atoms with van der Waals surface area (Å²) in [6.07, 6.45) is 2.83. The Bertz CT molecular complexity index is 481. The Balaban J connectivity index is 1.99. The zero-order chi connectivity index (χ0) is 15.2. The molecule has 114 valence electrons. The third-order valence-corrected chi connectivity index (χ3v) is 3.65. The summed E-state index contributed by atoms with van der Waals surface area (Å²) in [5.74, 6) is -0.756. The minimum atomic E-state index is -0.354. The highest BCUT2D eigenvalue weighted by atomic mass is 16.6. The lowest BCUT2D eigenvalue weighted by Crippen LogP contribution is -2.38. The third kappa shape index (κ3) is 4.31. The minimum Gasteiger partial charge on any atom is -0.458 e. The van der Waals surface area contributed by atoms with Crippen LogP contribution in [0.5, 0.6) is 0 Å². The number of benzene rings is 1. The second kappa shape index (κ2) is 7.25. The maximum atomic E-state index is 12.1. The van der Waals surface area contributed by atoms with E-state index in [1.54, 1.807) is 38.1 Å². The van der Waals surface area contributed by atoms with Gasteiger partial charge in [-0.05, 0) is 37.8 Å². The van der Waals surface area contributed by atoms with E-state index < -0.39 is 0 Å². The maximum absolute atomic E-state index is 12.1. The SMILES string of the molecule is CC(C)C(=O)O[C@H]1CCCC[C@@H]1OC(=O)c1ccccc1. The molecule has 1 aliphatic carbocycles. The Kier molecular flexibility index (Phi) is 5.37. The number of esters is 2. The van der Waals surface area contributed by atoms with Gasteiger partial charge in [-0.15, -0.1) is 0 Å². The lowest BCUT2D eigenvalue weighted by molar-refractivity contribution is -0.161. The predicted molar refractivity (Wildman–Crippen MR) is 78.8 cm³/mol. The zero-order valence-electron chi connectivity index (χ0n) is 12.6. The second-order valence-electron chi connectivity index (χ2n) is 5.72. The van der Waals surface area contributed by atoms with Crippen molar-refractivity contribution in [3.05, 3.63) is 35.9 Å². The summed E-state index contributed by atoms with van der Waals surface area (Å²) < 4.78 is 11.0. The molecule has 2 rings (SSSR count). The van der Waals surface area contributed by atoms with Gasteiger partial charge in [0.15, 0.2) is 0 Å². The fraction of sp³-hybridized carbons (Fsp3) is 0.529. The first-order chi connectivity index (χ1) is 10.1.